The Morgan fingerprint density at radius 1 is 1.17 bits per heavy atom. The number of pyridine rings is 2. The zero-order chi connectivity index (χ0) is 24.5. The molecule has 180 valence electrons. The van der Waals surface area contributed by atoms with Crippen molar-refractivity contribution >= 4 is 44.5 Å². The van der Waals surface area contributed by atoms with Gasteiger partial charge in [-0.05, 0) is 38.8 Å². The van der Waals surface area contributed by atoms with E-state index in [9.17, 15) is 4.79 Å². The SMILES string of the molecule is COc1cnc(Cl)cc1-c1cc(C)ncc1C(=O)Nc1nc2ncc([C@@H]3CCO[C@@H](C)C3)nc2s1. The zero-order valence-electron chi connectivity index (χ0n) is 19.4. The molecule has 5 rings (SSSR count). The first-order chi connectivity index (χ1) is 16.9. The van der Waals surface area contributed by atoms with Crippen LogP contribution < -0.4 is 10.1 Å². The molecule has 4 aromatic heterocycles. The van der Waals surface area contributed by atoms with Crippen LogP contribution in [0.5, 0.6) is 5.75 Å². The van der Waals surface area contributed by atoms with Gasteiger partial charge in [-0.3, -0.25) is 15.1 Å². The molecule has 0 saturated carbocycles. The van der Waals surface area contributed by atoms with E-state index < -0.39 is 0 Å². The third kappa shape index (κ3) is 4.95. The van der Waals surface area contributed by atoms with Crippen LogP contribution in [0, 0.1) is 6.92 Å². The summed E-state index contributed by atoms with van der Waals surface area (Å²) >= 11 is 7.43. The van der Waals surface area contributed by atoms with Crippen molar-refractivity contribution in [2.24, 2.45) is 0 Å². The van der Waals surface area contributed by atoms with Gasteiger partial charge in [0.2, 0.25) is 0 Å². The molecule has 1 saturated heterocycles. The van der Waals surface area contributed by atoms with Crippen LogP contribution >= 0.6 is 22.9 Å². The van der Waals surface area contributed by atoms with Crippen molar-refractivity contribution < 1.29 is 14.3 Å². The third-order valence-corrected chi connectivity index (χ3v) is 6.96. The van der Waals surface area contributed by atoms with Crippen LogP contribution in [0.3, 0.4) is 0 Å². The minimum atomic E-state index is -0.361. The summed E-state index contributed by atoms with van der Waals surface area (Å²) in [6.07, 6.45) is 6.86. The lowest BCUT2D eigenvalue weighted by molar-refractivity contribution is 0.0180. The highest BCUT2D eigenvalue weighted by Gasteiger charge is 2.24. The number of thiazole rings is 1. The molecule has 1 fully saturated rings. The van der Waals surface area contributed by atoms with E-state index in [1.165, 1.54) is 23.7 Å². The second kappa shape index (κ2) is 9.80. The minimum Gasteiger partial charge on any atom is -0.494 e. The van der Waals surface area contributed by atoms with E-state index in [-0.39, 0.29) is 12.0 Å². The average Bonchev–Trinajstić information content (AvgIpc) is 3.25. The minimum absolute atomic E-state index is 0.203. The van der Waals surface area contributed by atoms with E-state index in [4.69, 9.17) is 26.1 Å². The molecule has 0 aliphatic carbocycles. The van der Waals surface area contributed by atoms with Gasteiger partial charge in [0.15, 0.2) is 15.6 Å². The Morgan fingerprint density at radius 2 is 2.03 bits per heavy atom. The van der Waals surface area contributed by atoms with Gasteiger partial charge in [-0.15, -0.1) is 0 Å². The summed E-state index contributed by atoms with van der Waals surface area (Å²) < 4.78 is 11.1. The molecule has 5 heterocycles. The number of hydrogen-bond donors (Lipinski definition) is 1. The van der Waals surface area contributed by atoms with Gasteiger partial charge < -0.3 is 9.47 Å². The molecule has 35 heavy (non-hydrogen) atoms. The van der Waals surface area contributed by atoms with Crippen molar-refractivity contribution in [3.63, 3.8) is 0 Å². The lowest BCUT2D eigenvalue weighted by Crippen LogP contribution is -2.22. The van der Waals surface area contributed by atoms with Gasteiger partial charge in [-0.1, -0.05) is 22.9 Å². The number of carbonyl (C=O) groups excluding carboxylic acids is 1. The standard InChI is InChI=1S/C24H23ClN6O3S/c1-12-6-15(16-8-20(25)27-11-19(16)33-3)17(9-26-12)22(32)31-24-30-21-23(35-24)29-18(10-28-21)14-4-5-34-13(2)7-14/h6,8-11,13-14H,4-5,7H2,1-3H3,(H,28,30,31,32)/t13-,14+/m0/s1. The molecule has 0 spiro atoms. The number of fused-ring (bicyclic) bond motifs is 1. The lowest BCUT2D eigenvalue weighted by Gasteiger charge is -2.26. The summed E-state index contributed by atoms with van der Waals surface area (Å²) in [6.45, 7) is 4.64. The molecule has 11 heteroatoms. The number of aryl methyl sites for hydroxylation is 1. The van der Waals surface area contributed by atoms with Crippen LogP contribution in [0.1, 0.15) is 47.4 Å². The molecule has 0 bridgehead atoms. The normalized spacial score (nSPS) is 17.9. The number of methoxy groups -OCH3 is 1. The monoisotopic (exact) mass is 510 g/mol. The quantitative estimate of drug-likeness (QED) is 0.371. The predicted molar refractivity (Wildman–Crippen MR) is 134 cm³/mol. The number of rotatable bonds is 5. The number of ether oxygens (including phenoxy) is 2. The molecule has 4 aromatic rings. The van der Waals surface area contributed by atoms with Crippen LogP contribution in [0.2, 0.25) is 5.15 Å². The molecule has 1 aliphatic heterocycles. The van der Waals surface area contributed by atoms with Gasteiger partial charge in [0.25, 0.3) is 5.91 Å². The van der Waals surface area contributed by atoms with Gasteiger partial charge in [0.1, 0.15) is 10.9 Å². The molecule has 2 atom stereocenters. The summed E-state index contributed by atoms with van der Waals surface area (Å²) in [5.41, 5.74) is 3.80. The highest BCUT2D eigenvalue weighted by atomic mass is 35.5. The van der Waals surface area contributed by atoms with E-state index in [0.29, 0.717) is 49.1 Å². The van der Waals surface area contributed by atoms with E-state index in [1.807, 2.05) is 13.0 Å². The Labute approximate surface area is 210 Å². The first-order valence-corrected chi connectivity index (χ1v) is 12.3. The average molecular weight is 511 g/mol. The van der Waals surface area contributed by atoms with Gasteiger partial charge in [-0.2, -0.15) is 4.98 Å². The van der Waals surface area contributed by atoms with Crippen LogP contribution in [0.25, 0.3) is 21.6 Å². The summed E-state index contributed by atoms with van der Waals surface area (Å²) in [5.74, 6) is 0.441. The highest BCUT2D eigenvalue weighted by molar-refractivity contribution is 7.21. The van der Waals surface area contributed by atoms with Crippen LogP contribution in [0.4, 0.5) is 5.13 Å². The van der Waals surface area contributed by atoms with Gasteiger partial charge in [0.05, 0.1) is 36.9 Å². The molecule has 1 amide bonds. The number of halogens is 1. The van der Waals surface area contributed by atoms with Gasteiger partial charge >= 0.3 is 0 Å². The summed E-state index contributed by atoms with van der Waals surface area (Å²) in [6, 6.07) is 3.47. The highest BCUT2D eigenvalue weighted by Crippen LogP contribution is 2.35. The Bertz CT molecular complexity index is 1410. The van der Waals surface area contributed by atoms with Crippen molar-refractivity contribution in [1.29, 1.82) is 0 Å². The number of hydrogen-bond acceptors (Lipinski definition) is 9. The summed E-state index contributed by atoms with van der Waals surface area (Å²) in [7, 11) is 1.54. The van der Waals surface area contributed by atoms with Gasteiger partial charge in [0, 0.05) is 35.5 Å². The maximum absolute atomic E-state index is 13.3. The number of anilines is 1. The molecule has 0 aromatic carbocycles. The maximum Gasteiger partial charge on any atom is 0.259 e. The molecule has 0 radical (unpaired) electrons. The zero-order valence-corrected chi connectivity index (χ0v) is 21.0. The molecule has 1 aliphatic rings. The summed E-state index contributed by atoms with van der Waals surface area (Å²) in [5, 5.41) is 3.58. The van der Waals surface area contributed by atoms with Crippen molar-refractivity contribution in [3.05, 3.63) is 52.8 Å². The lowest BCUT2D eigenvalue weighted by atomic mass is 9.93. The first kappa shape index (κ1) is 23.5. The van der Waals surface area contributed by atoms with Gasteiger partial charge in [-0.25, -0.2) is 15.0 Å². The number of amides is 1. The van der Waals surface area contributed by atoms with Crippen molar-refractivity contribution in [2.75, 3.05) is 19.0 Å². The Kier molecular flexibility index (Phi) is 6.59. The van der Waals surface area contributed by atoms with E-state index in [0.717, 1.165) is 30.8 Å². The number of nitrogens with one attached hydrogen (secondary N) is 1. The van der Waals surface area contributed by atoms with E-state index in [2.05, 4.69) is 32.2 Å². The fourth-order valence-corrected chi connectivity index (χ4v) is 5.13. The van der Waals surface area contributed by atoms with Crippen LogP contribution in [0.15, 0.2) is 30.7 Å². The second-order valence-electron chi connectivity index (χ2n) is 8.38. The second-order valence-corrected chi connectivity index (χ2v) is 9.74. The molecule has 9 nitrogen and oxygen atoms in total. The smallest absolute Gasteiger partial charge is 0.259 e. The predicted octanol–water partition coefficient (Wildman–Crippen LogP) is 5.05. The largest absolute Gasteiger partial charge is 0.494 e. The van der Waals surface area contributed by atoms with E-state index >= 15 is 0 Å². The number of aromatic nitrogens is 5. The molecule has 1 N–H and O–H groups in total. The number of carbonyl (C=O) groups is 1. The molecule has 0 unspecified atom stereocenters. The fourth-order valence-electron chi connectivity index (χ4n) is 4.17. The fraction of sp³-hybridized carbons (Fsp3) is 0.333. The Morgan fingerprint density at radius 3 is 2.83 bits per heavy atom. The van der Waals surface area contributed by atoms with Crippen molar-refractivity contribution in [1.82, 2.24) is 24.9 Å². The van der Waals surface area contributed by atoms with Crippen molar-refractivity contribution in [2.45, 2.75) is 38.7 Å². The number of nitrogens with zero attached hydrogens (tertiary/aromatic N) is 5. The van der Waals surface area contributed by atoms with Crippen LogP contribution in [-0.2, 0) is 4.74 Å². The molecular formula is C24H23ClN6O3S. The van der Waals surface area contributed by atoms with Crippen LogP contribution in [-0.4, -0.2) is 50.6 Å². The third-order valence-electron chi connectivity index (χ3n) is 5.90. The van der Waals surface area contributed by atoms with E-state index in [1.54, 1.807) is 19.4 Å². The first-order valence-electron chi connectivity index (χ1n) is 11.1. The molecular weight excluding hydrogens is 488 g/mol. The summed E-state index contributed by atoms with van der Waals surface area (Å²) in [4.78, 5) is 36.1. The maximum atomic E-state index is 13.3. The Balaban J connectivity index is 1.44. The topological polar surface area (TPSA) is 112 Å². The Hall–Kier alpha value is -3.21. The van der Waals surface area contributed by atoms with Crippen molar-refractivity contribution in [3.8, 4) is 16.9 Å².